The quantitative estimate of drug-likeness (QED) is 0.541. The molecule has 2 fully saturated rings. The van der Waals surface area contributed by atoms with E-state index >= 15 is 0 Å². The summed E-state index contributed by atoms with van der Waals surface area (Å²) in [5, 5.41) is 0. The van der Waals surface area contributed by atoms with Crippen molar-refractivity contribution in [2.24, 2.45) is 17.3 Å². The average molecular weight is 162 g/mol. The van der Waals surface area contributed by atoms with Crippen LogP contribution in [0, 0.1) is 17.3 Å². The van der Waals surface area contributed by atoms with E-state index in [4.69, 9.17) is 0 Å². The van der Waals surface area contributed by atoms with Crippen LogP contribution >= 0.6 is 0 Å². The summed E-state index contributed by atoms with van der Waals surface area (Å²) in [5.74, 6) is 1.61. The van der Waals surface area contributed by atoms with Crippen LogP contribution in [0.5, 0.6) is 0 Å². The molecule has 3 aliphatic rings. The van der Waals surface area contributed by atoms with Crippen molar-refractivity contribution < 1.29 is 4.79 Å². The number of allylic oxidation sites excluding steroid dienone is 2. The molecule has 1 nitrogen and oxygen atoms in total. The predicted octanol–water partition coefficient (Wildman–Crippen LogP) is 2.32. The Balaban J connectivity index is 1.82. The summed E-state index contributed by atoms with van der Waals surface area (Å²) in [6, 6.07) is 0. The maximum Gasteiger partial charge on any atom is 0.145 e. The van der Waals surface area contributed by atoms with E-state index in [-0.39, 0.29) is 0 Å². The van der Waals surface area contributed by atoms with Crippen LogP contribution < -0.4 is 0 Å². The van der Waals surface area contributed by atoms with Gasteiger partial charge in [-0.1, -0.05) is 6.08 Å². The van der Waals surface area contributed by atoms with E-state index in [1.807, 2.05) is 0 Å². The van der Waals surface area contributed by atoms with Crippen LogP contribution in [0.15, 0.2) is 11.6 Å². The molecule has 2 saturated carbocycles. The highest BCUT2D eigenvalue weighted by Crippen LogP contribution is 2.64. The van der Waals surface area contributed by atoms with Gasteiger partial charge in [-0.25, -0.2) is 0 Å². The summed E-state index contributed by atoms with van der Waals surface area (Å²) in [6.45, 7) is 0. The van der Waals surface area contributed by atoms with Crippen LogP contribution in [-0.2, 0) is 4.79 Å². The van der Waals surface area contributed by atoms with Gasteiger partial charge in [-0.15, -0.1) is 0 Å². The van der Waals surface area contributed by atoms with Crippen molar-refractivity contribution in [1.29, 1.82) is 0 Å². The first kappa shape index (κ1) is 6.88. The Kier molecular flexibility index (Phi) is 1.15. The third-order valence-corrected chi connectivity index (χ3v) is 4.00. The molecular weight excluding hydrogens is 148 g/mol. The Bertz CT molecular complexity index is 260. The van der Waals surface area contributed by atoms with Gasteiger partial charge in [-0.3, -0.25) is 4.79 Å². The maximum atomic E-state index is 10.5. The first-order chi connectivity index (χ1) is 5.81. The lowest BCUT2D eigenvalue weighted by Gasteiger charge is -2.05. The fourth-order valence-electron chi connectivity index (χ4n) is 3.19. The summed E-state index contributed by atoms with van der Waals surface area (Å²) in [4.78, 5) is 10.5. The van der Waals surface area contributed by atoms with Crippen molar-refractivity contribution in [3.63, 3.8) is 0 Å². The molecule has 0 amide bonds. The van der Waals surface area contributed by atoms with Gasteiger partial charge in [-0.05, 0) is 54.9 Å². The fourth-order valence-corrected chi connectivity index (χ4v) is 3.19. The first-order valence-electron chi connectivity index (χ1n) is 4.97. The minimum absolute atomic E-state index is 0.764. The van der Waals surface area contributed by atoms with Gasteiger partial charge in [0.25, 0.3) is 0 Å². The number of carbonyl (C=O) groups is 1. The van der Waals surface area contributed by atoms with Crippen molar-refractivity contribution in [2.45, 2.75) is 32.1 Å². The van der Waals surface area contributed by atoms with Gasteiger partial charge in [0.15, 0.2) is 0 Å². The molecule has 0 aromatic heterocycles. The van der Waals surface area contributed by atoms with Crippen LogP contribution in [0.4, 0.5) is 0 Å². The number of hydrogen-bond donors (Lipinski definition) is 0. The van der Waals surface area contributed by atoms with Gasteiger partial charge >= 0.3 is 0 Å². The van der Waals surface area contributed by atoms with Gasteiger partial charge < -0.3 is 0 Å². The monoisotopic (exact) mass is 162 g/mol. The topological polar surface area (TPSA) is 17.1 Å². The zero-order valence-electron chi connectivity index (χ0n) is 7.25. The molecule has 3 aliphatic carbocycles. The zero-order chi connectivity index (χ0) is 8.18. The standard InChI is InChI=1S/C11H14O/c12-7-8-3-9-5-11(1-2-11)6-10(9)4-8/h3,7,9-10H,1-2,4-6H2/t9-,10+/m1/s1. The minimum atomic E-state index is 0.764. The average Bonchev–Trinajstić information content (AvgIpc) is 2.52. The molecule has 0 aromatic rings. The molecule has 64 valence electrons. The maximum absolute atomic E-state index is 10.5. The largest absolute Gasteiger partial charge is 0.298 e. The molecule has 0 saturated heterocycles. The summed E-state index contributed by atoms with van der Waals surface area (Å²) in [6.07, 6.45) is 10.1. The Hall–Kier alpha value is -0.590. The molecule has 0 N–H and O–H groups in total. The minimum Gasteiger partial charge on any atom is -0.298 e. The van der Waals surface area contributed by atoms with Crippen molar-refractivity contribution in [1.82, 2.24) is 0 Å². The van der Waals surface area contributed by atoms with Crippen molar-refractivity contribution in [2.75, 3.05) is 0 Å². The summed E-state index contributed by atoms with van der Waals surface area (Å²) in [5.41, 5.74) is 1.83. The van der Waals surface area contributed by atoms with E-state index < -0.39 is 0 Å². The van der Waals surface area contributed by atoms with E-state index in [0.717, 1.165) is 35.5 Å². The Morgan fingerprint density at radius 3 is 2.83 bits per heavy atom. The van der Waals surface area contributed by atoms with Crippen LogP contribution in [-0.4, -0.2) is 6.29 Å². The third-order valence-electron chi connectivity index (χ3n) is 4.00. The van der Waals surface area contributed by atoms with E-state index in [1.165, 1.54) is 25.7 Å². The van der Waals surface area contributed by atoms with Crippen molar-refractivity contribution in [3.8, 4) is 0 Å². The lowest BCUT2D eigenvalue weighted by Crippen LogP contribution is -1.97. The molecule has 0 radical (unpaired) electrons. The molecule has 0 heterocycles. The van der Waals surface area contributed by atoms with Crippen molar-refractivity contribution >= 4 is 6.29 Å². The van der Waals surface area contributed by atoms with E-state index in [1.54, 1.807) is 0 Å². The number of fused-ring (bicyclic) bond motifs is 1. The predicted molar refractivity (Wildman–Crippen MR) is 46.6 cm³/mol. The number of carbonyl (C=O) groups excluding carboxylic acids is 1. The zero-order valence-corrected chi connectivity index (χ0v) is 7.25. The molecule has 0 aromatic carbocycles. The Morgan fingerprint density at radius 2 is 2.25 bits per heavy atom. The van der Waals surface area contributed by atoms with Gasteiger partial charge in [0.1, 0.15) is 6.29 Å². The second-order valence-corrected chi connectivity index (χ2v) is 4.90. The van der Waals surface area contributed by atoms with Gasteiger partial charge in [0.05, 0.1) is 0 Å². The number of aldehydes is 1. The van der Waals surface area contributed by atoms with E-state index in [0.29, 0.717) is 0 Å². The normalized spacial score (nSPS) is 41.2. The fraction of sp³-hybridized carbons (Fsp3) is 0.727. The highest BCUT2D eigenvalue weighted by molar-refractivity contribution is 5.74. The van der Waals surface area contributed by atoms with Crippen LogP contribution in [0.3, 0.4) is 0 Å². The van der Waals surface area contributed by atoms with Crippen molar-refractivity contribution in [3.05, 3.63) is 11.6 Å². The van der Waals surface area contributed by atoms with Gasteiger partial charge in [0, 0.05) is 0 Å². The summed E-state index contributed by atoms with van der Waals surface area (Å²) < 4.78 is 0. The molecule has 0 unspecified atom stereocenters. The van der Waals surface area contributed by atoms with Crippen LogP contribution in [0.2, 0.25) is 0 Å². The third kappa shape index (κ3) is 0.825. The molecule has 0 bridgehead atoms. The SMILES string of the molecule is O=CC1=C[C@@H]2CC3(CC3)C[C@@H]2C1. The second-order valence-electron chi connectivity index (χ2n) is 4.90. The Labute approximate surface area is 72.8 Å². The summed E-state index contributed by atoms with van der Waals surface area (Å²) >= 11 is 0. The molecule has 2 atom stereocenters. The smallest absolute Gasteiger partial charge is 0.145 e. The molecule has 0 aliphatic heterocycles. The molecule has 12 heavy (non-hydrogen) atoms. The lowest BCUT2D eigenvalue weighted by atomic mass is 9.99. The molecule has 1 heteroatoms. The molecule has 3 rings (SSSR count). The molecule has 1 spiro atoms. The lowest BCUT2D eigenvalue weighted by molar-refractivity contribution is -0.105. The van der Waals surface area contributed by atoms with E-state index in [2.05, 4.69) is 6.08 Å². The number of rotatable bonds is 1. The van der Waals surface area contributed by atoms with E-state index in [9.17, 15) is 4.79 Å². The van der Waals surface area contributed by atoms with Crippen LogP contribution in [0.1, 0.15) is 32.1 Å². The highest BCUT2D eigenvalue weighted by atomic mass is 16.1. The molecular formula is C11H14O. The number of hydrogen-bond acceptors (Lipinski definition) is 1. The van der Waals surface area contributed by atoms with Gasteiger partial charge in [-0.2, -0.15) is 0 Å². The highest BCUT2D eigenvalue weighted by Gasteiger charge is 2.53. The second kappa shape index (κ2) is 2.01. The van der Waals surface area contributed by atoms with Crippen LogP contribution in [0.25, 0.3) is 0 Å². The summed E-state index contributed by atoms with van der Waals surface area (Å²) in [7, 11) is 0. The van der Waals surface area contributed by atoms with Gasteiger partial charge in [0.2, 0.25) is 0 Å². The first-order valence-corrected chi connectivity index (χ1v) is 4.97. The Morgan fingerprint density at radius 1 is 1.42 bits per heavy atom.